The van der Waals surface area contributed by atoms with Crippen LogP contribution in [0.4, 0.5) is 5.82 Å². The molecule has 0 fully saturated rings. The number of hydrogen-bond donors (Lipinski definition) is 1. The second-order valence-corrected chi connectivity index (χ2v) is 10.4. The van der Waals surface area contributed by atoms with E-state index in [-0.39, 0.29) is 0 Å². The molecule has 0 spiro atoms. The van der Waals surface area contributed by atoms with E-state index >= 15 is 0 Å². The molecule has 8 heteroatoms. The fraction of sp³-hybridized carbons (Fsp3) is 0.250. The molecule has 40 heavy (non-hydrogen) atoms. The number of nitrogens with two attached hydrogens (primary N) is 1. The van der Waals surface area contributed by atoms with Gasteiger partial charge in [-0.25, -0.2) is 9.50 Å². The first-order chi connectivity index (χ1) is 19.6. The Morgan fingerprint density at radius 3 is 2.70 bits per heavy atom. The van der Waals surface area contributed by atoms with Crippen molar-refractivity contribution >= 4 is 22.2 Å². The Labute approximate surface area is 234 Å². The van der Waals surface area contributed by atoms with Crippen molar-refractivity contribution in [2.24, 2.45) is 0 Å². The van der Waals surface area contributed by atoms with E-state index in [9.17, 15) is 0 Å². The van der Waals surface area contributed by atoms with Crippen LogP contribution in [-0.2, 0) is 13.0 Å². The van der Waals surface area contributed by atoms with Crippen LogP contribution in [0.25, 0.3) is 27.5 Å². The summed E-state index contributed by atoms with van der Waals surface area (Å²) in [6.07, 6.45) is 10.4. The Bertz CT molecular complexity index is 1720. The third kappa shape index (κ3) is 5.31. The van der Waals surface area contributed by atoms with Crippen LogP contribution in [0.2, 0.25) is 0 Å². The number of anilines is 1. The fourth-order valence-corrected chi connectivity index (χ4v) is 5.36. The van der Waals surface area contributed by atoms with Crippen LogP contribution in [-0.4, -0.2) is 47.9 Å². The van der Waals surface area contributed by atoms with Gasteiger partial charge in [0.1, 0.15) is 11.8 Å². The summed E-state index contributed by atoms with van der Waals surface area (Å²) in [5, 5.41) is 10.5. The highest BCUT2D eigenvalue weighted by atomic mass is 15.3. The zero-order chi connectivity index (χ0) is 27.5. The number of nitrogens with zero attached hydrogens (tertiary/aromatic N) is 7. The highest BCUT2D eigenvalue weighted by Gasteiger charge is 2.17. The summed E-state index contributed by atoms with van der Waals surface area (Å²) in [6, 6.07) is 23.5. The average molecular weight is 531 g/mol. The molecule has 0 amide bonds. The second-order valence-electron chi connectivity index (χ2n) is 10.4. The number of benzene rings is 2. The molecule has 6 rings (SSSR count). The SMILES string of the molecule is CC(c1cccnc1)N(C)CCCCc1cc(-c2ccc3cn(Cc4ccccc4)nc3c2)c2c(N)ncnn12. The number of fused-ring (bicyclic) bond motifs is 2. The number of aryl methyl sites for hydroxylation is 1. The van der Waals surface area contributed by atoms with Crippen LogP contribution in [0.15, 0.2) is 91.6 Å². The van der Waals surface area contributed by atoms with Crippen molar-refractivity contribution in [2.75, 3.05) is 19.3 Å². The van der Waals surface area contributed by atoms with E-state index in [0.717, 1.165) is 65.6 Å². The second kappa shape index (κ2) is 11.3. The lowest BCUT2D eigenvalue weighted by molar-refractivity contribution is 0.256. The third-order valence-corrected chi connectivity index (χ3v) is 7.73. The molecule has 1 atom stereocenters. The van der Waals surface area contributed by atoms with E-state index < -0.39 is 0 Å². The first-order valence-electron chi connectivity index (χ1n) is 13.8. The van der Waals surface area contributed by atoms with Crippen LogP contribution in [0.1, 0.15) is 42.6 Å². The molecule has 2 N–H and O–H groups in total. The quantitative estimate of drug-likeness (QED) is 0.226. The van der Waals surface area contributed by atoms with Gasteiger partial charge in [0.05, 0.1) is 12.1 Å². The maximum absolute atomic E-state index is 6.39. The van der Waals surface area contributed by atoms with Crippen LogP contribution in [0.3, 0.4) is 0 Å². The molecule has 1 unspecified atom stereocenters. The molecule has 4 heterocycles. The fourth-order valence-electron chi connectivity index (χ4n) is 5.36. The maximum atomic E-state index is 6.39. The average Bonchev–Trinajstić information content (AvgIpc) is 3.57. The molecular formula is C32H34N8. The summed E-state index contributed by atoms with van der Waals surface area (Å²) < 4.78 is 3.95. The number of unbranched alkanes of at least 4 members (excludes halogenated alkanes) is 1. The number of rotatable bonds is 10. The number of pyridine rings is 1. The minimum Gasteiger partial charge on any atom is -0.382 e. The molecule has 6 aromatic rings. The minimum absolute atomic E-state index is 0.327. The minimum atomic E-state index is 0.327. The van der Waals surface area contributed by atoms with Gasteiger partial charge in [-0.15, -0.1) is 0 Å². The summed E-state index contributed by atoms with van der Waals surface area (Å²) in [4.78, 5) is 10.9. The molecular weight excluding hydrogens is 496 g/mol. The topological polar surface area (TPSA) is 90.2 Å². The van der Waals surface area contributed by atoms with Crippen molar-refractivity contribution in [3.63, 3.8) is 0 Å². The van der Waals surface area contributed by atoms with Gasteiger partial charge in [-0.1, -0.05) is 48.5 Å². The smallest absolute Gasteiger partial charge is 0.151 e. The monoisotopic (exact) mass is 530 g/mol. The Balaban J connectivity index is 1.20. The van der Waals surface area contributed by atoms with Crippen LogP contribution in [0.5, 0.6) is 0 Å². The van der Waals surface area contributed by atoms with Gasteiger partial charge in [-0.3, -0.25) is 14.6 Å². The van der Waals surface area contributed by atoms with Crippen molar-refractivity contribution in [3.05, 3.63) is 108 Å². The summed E-state index contributed by atoms with van der Waals surface area (Å²) in [5.41, 5.74) is 13.9. The zero-order valence-electron chi connectivity index (χ0n) is 23.0. The number of nitrogen functional groups attached to an aromatic ring is 1. The van der Waals surface area contributed by atoms with Crippen LogP contribution in [0, 0.1) is 0 Å². The summed E-state index contributed by atoms with van der Waals surface area (Å²) in [6.45, 7) is 3.97. The summed E-state index contributed by atoms with van der Waals surface area (Å²) >= 11 is 0. The van der Waals surface area contributed by atoms with Gasteiger partial charge in [0, 0.05) is 41.3 Å². The molecule has 0 saturated heterocycles. The van der Waals surface area contributed by atoms with Crippen LogP contribution < -0.4 is 5.73 Å². The maximum Gasteiger partial charge on any atom is 0.151 e. The van der Waals surface area contributed by atoms with Gasteiger partial charge in [-0.2, -0.15) is 10.2 Å². The molecule has 8 nitrogen and oxygen atoms in total. The normalized spacial score (nSPS) is 12.5. The van der Waals surface area contributed by atoms with Crippen molar-refractivity contribution in [1.29, 1.82) is 0 Å². The lowest BCUT2D eigenvalue weighted by Gasteiger charge is -2.24. The molecule has 0 aliphatic rings. The Kier molecular flexibility index (Phi) is 7.25. The summed E-state index contributed by atoms with van der Waals surface area (Å²) in [5.74, 6) is 0.482. The summed E-state index contributed by atoms with van der Waals surface area (Å²) in [7, 11) is 2.17. The number of aromatic nitrogens is 6. The molecule has 0 aliphatic carbocycles. The van der Waals surface area contributed by atoms with E-state index in [1.165, 1.54) is 17.5 Å². The molecule has 202 valence electrons. The standard InChI is InChI=1S/C32H34N8/c1-23(26-11-8-15-34-19-26)38(2)16-7-6-12-28-18-29(31-32(33)35-22-36-40(28)31)25-13-14-27-21-39(37-30(27)17-25)20-24-9-4-3-5-10-24/h3-5,8-11,13-15,17-19,21-23H,6-7,12,16,20H2,1-2H3,(H2,33,35,36). The number of hydrogen-bond acceptors (Lipinski definition) is 6. The zero-order valence-corrected chi connectivity index (χ0v) is 23.0. The Hall–Kier alpha value is -4.56. The predicted octanol–water partition coefficient (Wildman–Crippen LogP) is 5.79. The Morgan fingerprint density at radius 1 is 1.00 bits per heavy atom. The van der Waals surface area contributed by atoms with E-state index in [1.807, 2.05) is 33.7 Å². The molecule has 0 radical (unpaired) electrons. The molecule has 4 aromatic heterocycles. The van der Waals surface area contributed by atoms with Crippen molar-refractivity contribution in [1.82, 2.24) is 34.3 Å². The van der Waals surface area contributed by atoms with Gasteiger partial charge in [0.25, 0.3) is 0 Å². The molecule has 0 aliphatic heterocycles. The van der Waals surface area contributed by atoms with Gasteiger partial charge in [-0.05, 0) is 74.7 Å². The first-order valence-corrected chi connectivity index (χ1v) is 13.8. The highest BCUT2D eigenvalue weighted by molar-refractivity contribution is 5.92. The predicted molar refractivity (Wildman–Crippen MR) is 160 cm³/mol. The van der Waals surface area contributed by atoms with Crippen LogP contribution >= 0.6 is 0 Å². The lowest BCUT2D eigenvalue weighted by Crippen LogP contribution is -2.23. The van der Waals surface area contributed by atoms with Crippen molar-refractivity contribution in [2.45, 2.75) is 38.8 Å². The van der Waals surface area contributed by atoms with E-state index in [0.29, 0.717) is 11.9 Å². The molecule has 2 aromatic carbocycles. The lowest BCUT2D eigenvalue weighted by atomic mass is 10.0. The first kappa shape index (κ1) is 25.7. The van der Waals surface area contributed by atoms with Gasteiger partial charge in [0.2, 0.25) is 0 Å². The van der Waals surface area contributed by atoms with Gasteiger partial charge < -0.3 is 5.73 Å². The highest BCUT2D eigenvalue weighted by Crippen LogP contribution is 2.32. The van der Waals surface area contributed by atoms with E-state index in [4.69, 9.17) is 10.8 Å². The Morgan fingerprint density at radius 2 is 1.88 bits per heavy atom. The molecule has 0 saturated carbocycles. The molecule has 0 bridgehead atoms. The van der Waals surface area contributed by atoms with Crippen molar-refractivity contribution < 1.29 is 0 Å². The van der Waals surface area contributed by atoms with Crippen molar-refractivity contribution in [3.8, 4) is 11.1 Å². The van der Waals surface area contributed by atoms with Gasteiger partial charge >= 0.3 is 0 Å². The van der Waals surface area contributed by atoms with Gasteiger partial charge in [0.15, 0.2) is 5.82 Å². The largest absolute Gasteiger partial charge is 0.382 e. The van der Waals surface area contributed by atoms with E-state index in [1.54, 1.807) is 0 Å². The van der Waals surface area contributed by atoms with E-state index in [2.05, 4.69) is 94.7 Å². The third-order valence-electron chi connectivity index (χ3n) is 7.73.